The van der Waals surface area contributed by atoms with E-state index in [4.69, 9.17) is 5.26 Å². The van der Waals surface area contributed by atoms with Crippen molar-refractivity contribution >= 4 is 5.91 Å². The molecular weight excluding hydrogens is 422 g/mol. The van der Waals surface area contributed by atoms with Gasteiger partial charge in [-0.15, -0.1) is 0 Å². The van der Waals surface area contributed by atoms with Crippen molar-refractivity contribution in [2.45, 2.75) is 50.9 Å². The van der Waals surface area contributed by atoms with Crippen LogP contribution in [0.25, 0.3) is 5.69 Å². The second-order valence-electron chi connectivity index (χ2n) is 9.41. The highest BCUT2D eigenvalue weighted by atomic mass is 16.2. The lowest BCUT2D eigenvalue weighted by atomic mass is 9.78. The molecule has 0 N–H and O–H groups in total. The summed E-state index contributed by atoms with van der Waals surface area (Å²) < 4.78 is 1.82. The lowest BCUT2D eigenvalue weighted by Gasteiger charge is -2.33. The molecule has 1 saturated heterocycles. The molecule has 3 aromatic rings. The van der Waals surface area contributed by atoms with Crippen LogP contribution >= 0.6 is 0 Å². The fourth-order valence-electron chi connectivity index (χ4n) is 5.19. The van der Waals surface area contributed by atoms with E-state index in [0.717, 1.165) is 36.9 Å². The molecule has 2 aliphatic rings. The van der Waals surface area contributed by atoms with Gasteiger partial charge in [-0.05, 0) is 79.3 Å². The molecule has 6 heteroatoms. The van der Waals surface area contributed by atoms with E-state index >= 15 is 0 Å². The third-order valence-corrected chi connectivity index (χ3v) is 7.46. The van der Waals surface area contributed by atoms with E-state index in [2.05, 4.69) is 23.2 Å². The zero-order valence-electron chi connectivity index (χ0n) is 19.4. The molecule has 34 heavy (non-hydrogen) atoms. The van der Waals surface area contributed by atoms with Gasteiger partial charge in [-0.1, -0.05) is 24.6 Å². The van der Waals surface area contributed by atoms with Gasteiger partial charge in [0.25, 0.3) is 5.91 Å². The van der Waals surface area contributed by atoms with Crippen LogP contribution in [0.3, 0.4) is 0 Å². The summed E-state index contributed by atoms with van der Waals surface area (Å²) in [6.07, 6.45) is 8.54. The van der Waals surface area contributed by atoms with Gasteiger partial charge in [-0.2, -0.15) is 10.5 Å². The molecule has 0 unspecified atom stereocenters. The maximum Gasteiger partial charge on any atom is 0.254 e. The summed E-state index contributed by atoms with van der Waals surface area (Å²) in [6, 6.07) is 16.3. The van der Waals surface area contributed by atoms with Gasteiger partial charge in [0.15, 0.2) is 0 Å². The average molecular weight is 450 g/mol. The summed E-state index contributed by atoms with van der Waals surface area (Å²) in [5.41, 5.74) is 6.18. The van der Waals surface area contributed by atoms with E-state index < -0.39 is 0 Å². The van der Waals surface area contributed by atoms with Gasteiger partial charge in [0.1, 0.15) is 18.1 Å². The molecule has 1 aliphatic heterocycles. The summed E-state index contributed by atoms with van der Waals surface area (Å²) >= 11 is 0. The minimum absolute atomic E-state index is 0.0517. The van der Waals surface area contributed by atoms with E-state index in [0.29, 0.717) is 41.7 Å². The topological polar surface area (TPSA) is 85.7 Å². The van der Waals surface area contributed by atoms with Crippen molar-refractivity contribution in [2.24, 2.45) is 0 Å². The Labute approximate surface area is 200 Å². The number of benzene rings is 2. The molecule has 6 nitrogen and oxygen atoms in total. The molecule has 1 saturated carbocycles. The van der Waals surface area contributed by atoms with Crippen LogP contribution in [-0.2, 0) is 0 Å². The predicted molar refractivity (Wildman–Crippen MR) is 129 cm³/mol. The van der Waals surface area contributed by atoms with Crippen LogP contribution in [0.4, 0.5) is 0 Å². The Morgan fingerprint density at radius 1 is 1.00 bits per heavy atom. The Morgan fingerprint density at radius 2 is 1.74 bits per heavy atom. The number of nitrogens with zero attached hydrogens (tertiary/aromatic N) is 5. The third-order valence-electron chi connectivity index (χ3n) is 7.46. The molecule has 1 aromatic heterocycles. The summed E-state index contributed by atoms with van der Waals surface area (Å²) in [7, 11) is 0. The molecule has 1 amide bonds. The fraction of sp³-hybridized carbons (Fsp3) is 0.357. The number of hydrogen-bond donors (Lipinski definition) is 0. The van der Waals surface area contributed by atoms with Gasteiger partial charge in [0.05, 0.1) is 23.5 Å². The van der Waals surface area contributed by atoms with Crippen molar-refractivity contribution < 1.29 is 4.79 Å². The van der Waals surface area contributed by atoms with Crippen LogP contribution in [0, 0.1) is 29.6 Å². The molecule has 0 spiro atoms. The first-order valence-corrected chi connectivity index (χ1v) is 12.0. The maximum absolute atomic E-state index is 13.6. The van der Waals surface area contributed by atoms with Crippen molar-refractivity contribution in [3.8, 4) is 17.8 Å². The fourth-order valence-corrected chi connectivity index (χ4v) is 5.19. The number of aromatic nitrogens is 2. The van der Waals surface area contributed by atoms with Crippen LogP contribution in [0.15, 0.2) is 48.9 Å². The summed E-state index contributed by atoms with van der Waals surface area (Å²) in [5, 5.41) is 18.6. The number of rotatable bonds is 4. The number of nitriles is 2. The molecule has 0 atom stereocenters. The van der Waals surface area contributed by atoms with E-state index in [1.165, 1.54) is 17.5 Å². The number of aryl methyl sites for hydroxylation is 1. The molecular formula is C28H27N5O. The second-order valence-corrected chi connectivity index (χ2v) is 9.41. The normalized spacial score (nSPS) is 16.5. The Kier molecular flexibility index (Phi) is 5.90. The number of piperidine rings is 1. The Bertz CT molecular complexity index is 1300. The largest absolute Gasteiger partial charge is 0.339 e. The first-order valence-electron chi connectivity index (χ1n) is 12.0. The molecule has 5 rings (SSSR count). The second kappa shape index (κ2) is 9.15. The number of carbonyl (C=O) groups is 1. The monoisotopic (exact) mass is 449 g/mol. The van der Waals surface area contributed by atoms with Crippen molar-refractivity contribution in [3.63, 3.8) is 0 Å². The molecule has 2 fully saturated rings. The first kappa shape index (κ1) is 21.9. The lowest BCUT2D eigenvalue weighted by Crippen LogP contribution is -2.38. The van der Waals surface area contributed by atoms with Gasteiger partial charge in [-0.25, -0.2) is 4.98 Å². The Balaban J connectivity index is 1.39. The quantitative estimate of drug-likeness (QED) is 0.547. The molecule has 0 radical (unpaired) electrons. The highest BCUT2D eigenvalue weighted by Crippen LogP contribution is 2.41. The minimum atomic E-state index is 0.0517. The summed E-state index contributed by atoms with van der Waals surface area (Å²) in [6.45, 7) is 3.43. The van der Waals surface area contributed by atoms with Crippen LogP contribution in [0.1, 0.15) is 82.2 Å². The predicted octanol–water partition coefficient (Wildman–Crippen LogP) is 5.21. The van der Waals surface area contributed by atoms with Crippen molar-refractivity contribution in [1.29, 1.82) is 10.5 Å². The average Bonchev–Trinajstić information content (AvgIpc) is 3.32. The highest BCUT2D eigenvalue weighted by molar-refractivity contribution is 5.96. The van der Waals surface area contributed by atoms with Gasteiger partial charge in [-0.3, -0.25) is 9.36 Å². The third kappa shape index (κ3) is 3.97. The molecule has 0 bridgehead atoms. The maximum atomic E-state index is 13.6. The standard InChI is InChI=1S/C28H27N5O/c1-19-13-26(23-3-2-4-23)27(33-18-31-17-24(33)16-30)14-25(19)28(34)32-11-9-22(10-12-32)21-7-5-20(15-29)6-8-21/h5-8,13-14,17-18,22-23H,2-4,9-12H2,1H3. The van der Waals surface area contributed by atoms with Crippen LogP contribution in [0.5, 0.6) is 0 Å². The minimum Gasteiger partial charge on any atom is -0.339 e. The zero-order chi connectivity index (χ0) is 23.7. The SMILES string of the molecule is Cc1cc(C2CCC2)c(-n2cncc2C#N)cc1C(=O)N1CCC(c2ccc(C#N)cc2)CC1. The zero-order valence-corrected chi connectivity index (χ0v) is 19.4. The number of carbonyl (C=O) groups excluding carboxylic acids is 1. The summed E-state index contributed by atoms with van der Waals surface area (Å²) in [5.74, 6) is 0.921. The van der Waals surface area contributed by atoms with Crippen molar-refractivity contribution in [3.05, 3.63) is 82.4 Å². The number of likely N-dealkylation sites (tertiary alicyclic amines) is 1. The number of imidazole rings is 1. The van der Waals surface area contributed by atoms with E-state index in [9.17, 15) is 10.1 Å². The summed E-state index contributed by atoms with van der Waals surface area (Å²) in [4.78, 5) is 19.7. The number of hydrogen-bond acceptors (Lipinski definition) is 4. The molecule has 170 valence electrons. The van der Waals surface area contributed by atoms with Gasteiger partial charge in [0.2, 0.25) is 0 Å². The first-order chi connectivity index (χ1) is 16.6. The highest BCUT2D eigenvalue weighted by Gasteiger charge is 2.29. The van der Waals surface area contributed by atoms with Crippen molar-refractivity contribution in [2.75, 3.05) is 13.1 Å². The van der Waals surface area contributed by atoms with E-state index in [-0.39, 0.29) is 5.91 Å². The van der Waals surface area contributed by atoms with E-state index in [1.807, 2.05) is 46.7 Å². The Morgan fingerprint density at radius 3 is 2.35 bits per heavy atom. The van der Waals surface area contributed by atoms with Gasteiger partial charge >= 0.3 is 0 Å². The Hall–Kier alpha value is -3.90. The lowest BCUT2D eigenvalue weighted by molar-refractivity contribution is 0.0712. The van der Waals surface area contributed by atoms with Crippen LogP contribution < -0.4 is 0 Å². The van der Waals surface area contributed by atoms with Gasteiger partial charge < -0.3 is 4.90 Å². The van der Waals surface area contributed by atoms with E-state index in [1.54, 1.807) is 12.5 Å². The van der Waals surface area contributed by atoms with Crippen LogP contribution in [0.2, 0.25) is 0 Å². The van der Waals surface area contributed by atoms with Crippen molar-refractivity contribution in [1.82, 2.24) is 14.5 Å². The molecule has 1 aliphatic carbocycles. The molecule has 2 heterocycles. The van der Waals surface area contributed by atoms with Crippen LogP contribution in [-0.4, -0.2) is 33.4 Å². The smallest absolute Gasteiger partial charge is 0.254 e. The number of amides is 1. The van der Waals surface area contributed by atoms with Gasteiger partial charge in [0, 0.05) is 18.7 Å². The molecule has 2 aromatic carbocycles.